The van der Waals surface area contributed by atoms with Crippen LogP contribution in [-0.2, 0) is 16.8 Å². The largest absolute Gasteiger partial charge is 0.388 e. The molecule has 0 aliphatic heterocycles. The molecule has 0 aliphatic carbocycles. The molecule has 0 radical (unpaired) electrons. The van der Waals surface area contributed by atoms with E-state index in [0.29, 0.717) is 0 Å². The number of anilines is 1. The average Bonchev–Trinajstić information content (AvgIpc) is 2.03. The van der Waals surface area contributed by atoms with Crippen LogP contribution >= 0.6 is 0 Å². The molecule has 1 aromatic rings. The van der Waals surface area contributed by atoms with Gasteiger partial charge in [0.1, 0.15) is 0 Å². The summed E-state index contributed by atoms with van der Waals surface area (Å²) in [5.74, 6) is 0.190. The highest BCUT2D eigenvalue weighted by Crippen LogP contribution is 2.10. The first-order valence-electron chi connectivity index (χ1n) is 3.56. The third kappa shape index (κ3) is 2.64. The maximum Gasteiger partial charge on any atom is 0.157 e. The van der Waals surface area contributed by atoms with Crippen LogP contribution in [0.15, 0.2) is 24.3 Å². The van der Waals surface area contributed by atoms with E-state index in [1.807, 2.05) is 31.3 Å². The Bertz CT molecular complexity index is 288. The lowest BCUT2D eigenvalue weighted by Gasteiger charge is -2.01. The van der Waals surface area contributed by atoms with E-state index in [2.05, 4.69) is 5.32 Å². The van der Waals surface area contributed by atoms with Gasteiger partial charge in [0.25, 0.3) is 0 Å². The Morgan fingerprint density at radius 1 is 1.58 bits per heavy atom. The van der Waals surface area contributed by atoms with Crippen molar-refractivity contribution in [2.75, 3.05) is 12.4 Å². The van der Waals surface area contributed by atoms with Crippen LogP contribution in [0.25, 0.3) is 0 Å². The summed E-state index contributed by atoms with van der Waals surface area (Å²) in [4.78, 5) is 0. The van der Waals surface area contributed by atoms with E-state index in [4.69, 9.17) is 4.55 Å². The lowest BCUT2D eigenvalue weighted by molar-refractivity contribution is 0.563. The number of benzene rings is 1. The molecule has 0 aliphatic rings. The van der Waals surface area contributed by atoms with Crippen LogP contribution in [0, 0.1) is 0 Å². The van der Waals surface area contributed by atoms with Gasteiger partial charge in [-0.1, -0.05) is 12.1 Å². The molecular formula is C8H11NO2S. The summed E-state index contributed by atoms with van der Waals surface area (Å²) in [6, 6.07) is 7.45. The fraction of sp³-hybridized carbons (Fsp3) is 0.250. The minimum Gasteiger partial charge on any atom is -0.388 e. The molecule has 0 spiro atoms. The molecule has 66 valence electrons. The molecule has 3 nitrogen and oxygen atoms in total. The molecule has 2 N–H and O–H groups in total. The second-order valence-electron chi connectivity index (χ2n) is 2.42. The van der Waals surface area contributed by atoms with E-state index in [9.17, 15) is 4.21 Å². The van der Waals surface area contributed by atoms with Gasteiger partial charge in [-0.25, -0.2) is 4.21 Å². The molecule has 0 saturated heterocycles. The van der Waals surface area contributed by atoms with Crippen molar-refractivity contribution in [3.05, 3.63) is 29.8 Å². The Labute approximate surface area is 74.1 Å². The van der Waals surface area contributed by atoms with Crippen LogP contribution in [0.4, 0.5) is 5.69 Å². The van der Waals surface area contributed by atoms with Crippen molar-refractivity contribution in [2.24, 2.45) is 0 Å². The Kier molecular flexibility index (Phi) is 3.25. The van der Waals surface area contributed by atoms with Crippen molar-refractivity contribution in [1.29, 1.82) is 0 Å². The molecule has 0 aromatic heterocycles. The van der Waals surface area contributed by atoms with E-state index in [1.54, 1.807) is 0 Å². The summed E-state index contributed by atoms with van der Waals surface area (Å²) >= 11 is -1.75. The Hall–Kier alpha value is -0.870. The van der Waals surface area contributed by atoms with Gasteiger partial charge in [-0.15, -0.1) is 0 Å². The van der Waals surface area contributed by atoms with E-state index >= 15 is 0 Å². The minimum atomic E-state index is -1.75. The van der Waals surface area contributed by atoms with Crippen molar-refractivity contribution in [1.82, 2.24) is 0 Å². The number of hydrogen-bond acceptors (Lipinski definition) is 2. The van der Waals surface area contributed by atoms with Crippen molar-refractivity contribution in [3.8, 4) is 0 Å². The van der Waals surface area contributed by atoms with Crippen molar-refractivity contribution in [3.63, 3.8) is 0 Å². The van der Waals surface area contributed by atoms with Gasteiger partial charge in [0, 0.05) is 12.7 Å². The average molecular weight is 185 g/mol. The fourth-order valence-electron chi connectivity index (χ4n) is 0.959. The molecular weight excluding hydrogens is 174 g/mol. The van der Waals surface area contributed by atoms with E-state index in [1.165, 1.54) is 0 Å². The highest BCUT2D eigenvalue weighted by molar-refractivity contribution is 7.78. The Morgan fingerprint density at radius 3 is 2.92 bits per heavy atom. The van der Waals surface area contributed by atoms with Gasteiger partial charge in [-0.2, -0.15) is 0 Å². The molecule has 0 amide bonds. The number of nitrogens with one attached hydrogen (secondary N) is 1. The molecule has 1 atom stereocenters. The van der Waals surface area contributed by atoms with Crippen molar-refractivity contribution >= 4 is 16.8 Å². The maximum absolute atomic E-state index is 10.5. The topological polar surface area (TPSA) is 49.3 Å². The molecule has 0 saturated carbocycles. The first kappa shape index (κ1) is 9.22. The first-order chi connectivity index (χ1) is 5.72. The zero-order valence-electron chi connectivity index (χ0n) is 6.78. The van der Waals surface area contributed by atoms with Gasteiger partial charge >= 0.3 is 0 Å². The molecule has 1 aromatic carbocycles. The van der Waals surface area contributed by atoms with Gasteiger partial charge in [-0.3, -0.25) is 0 Å². The van der Waals surface area contributed by atoms with E-state index < -0.39 is 11.1 Å². The fourth-order valence-corrected chi connectivity index (χ4v) is 1.42. The molecule has 1 unspecified atom stereocenters. The van der Waals surface area contributed by atoms with Crippen LogP contribution in [-0.4, -0.2) is 15.8 Å². The van der Waals surface area contributed by atoms with Crippen LogP contribution < -0.4 is 5.32 Å². The van der Waals surface area contributed by atoms with Gasteiger partial charge in [0.2, 0.25) is 0 Å². The lowest BCUT2D eigenvalue weighted by Crippen LogP contribution is -1.94. The monoisotopic (exact) mass is 185 g/mol. The molecule has 0 fully saturated rings. The highest BCUT2D eigenvalue weighted by atomic mass is 32.2. The summed E-state index contributed by atoms with van der Waals surface area (Å²) in [6.07, 6.45) is 0. The Morgan fingerprint density at radius 2 is 2.33 bits per heavy atom. The second-order valence-corrected chi connectivity index (χ2v) is 3.35. The molecule has 12 heavy (non-hydrogen) atoms. The van der Waals surface area contributed by atoms with Crippen molar-refractivity contribution < 1.29 is 8.76 Å². The van der Waals surface area contributed by atoms with Gasteiger partial charge in [-0.05, 0) is 17.7 Å². The Balaban J connectivity index is 2.79. The van der Waals surface area contributed by atoms with E-state index in [0.717, 1.165) is 11.3 Å². The normalized spacial score (nSPS) is 12.5. The van der Waals surface area contributed by atoms with Crippen LogP contribution in [0.2, 0.25) is 0 Å². The highest BCUT2D eigenvalue weighted by Gasteiger charge is 1.97. The standard InChI is InChI=1S/C8H11NO2S/c1-9-8-4-2-3-7(5-8)6-12(10)11/h2-5,9H,6H2,1H3,(H,10,11). The maximum atomic E-state index is 10.5. The minimum absolute atomic E-state index is 0.190. The molecule has 0 heterocycles. The number of rotatable bonds is 3. The third-order valence-corrected chi connectivity index (χ3v) is 2.09. The van der Waals surface area contributed by atoms with E-state index in [-0.39, 0.29) is 5.75 Å². The quantitative estimate of drug-likeness (QED) is 0.701. The van der Waals surface area contributed by atoms with Crippen LogP contribution in [0.1, 0.15) is 5.56 Å². The predicted octanol–water partition coefficient (Wildman–Crippen LogP) is 1.45. The molecule has 4 heteroatoms. The van der Waals surface area contributed by atoms with Gasteiger partial charge in [0.05, 0.1) is 5.75 Å². The second kappa shape index (κ2) is 4.23. The van der Waals surface area contributed by atoms with Crippen LogP contribution in [0.5, 0.6) is 0 Å². The number of hydrogen-bond donors (Lipinski definition) is 2. The van der Waals surface area contributed by atoms with Gasteiger partial charge < -0.3 is 9.87 Å². The third-order valence-electron chi connectivity index (χ3n) is 1.51. The summed E-state index contributed by atoms with van der Waals surface area (Å²) in [5.41, 5.74) is 1.82. The predicted molar refractivity (Wildman–Crippen MR) is 50.5 cm³/mol. The smallest absolute Gasteiger partial charge is 0.157 e. The van der Waals surface area contributed by atoms with Gasteiger partial charge in [0.15, 0.2) is 11.1 Å². The van der Waals surface area contributed by atoms with Crippen molar-refractivity contribution in [2.45, 2.75) is 5.75 Å². The summed E-state index contributed by atoms with van der Waals surface area (Å²) < 4.78 is 19.1. The first-order valence-corrected chi connectivity index (χ1v) is 4.84. The SMILES string of the molecule is CNc1cccc(CS(=O)O)c1. The molecule has 0 bridgehead atoms. The zero-order chi connectivity index (χ0) is 8.97. The summed E-state index contributed by atoms with van der Waals surface area (Å²) in [6.45, 7) is 0. The summed E-state index contributed by atoms with van der Waals surface area (Å²) in [5, 5.41) is 2.96. The summed E-state index contributed by atoms with van der Waals surface area (Å²) in [7, 11) is 1.81. The molecule has 1 rings (SSSR count). The zero-order valence-corrected chi connectivity index (χ0v) is 7.60. The lowest BCUT2D eigenvalue weighted by atomic mass is 10.2. The van der Waals surface area contributed by atoms with Crippen LogP contribution in [0.3, 0.4) is 0 Å².